The molecule has 0 unspecified atom stereocenters. The largest absolute Gasteiger partial charge is 0.407 e. The van der Waals surface area contributed by atoms with Gasteiger partial charge in [-0.3, -0.25) is 0 Å². The molecular formula is C14H26N4OS. The van der Waals surface area contributed by atoms with Gasteiger partial charge in [0.05, 0.1) is 6.54 Å². The van der Waals surface area contributed by atoms with E-state index in [-0.39, 0.29) is 0 Å². The minimum absolute atomic E-state index is 0.482. The van der Waals surface area contributed by atoms with Gasteiger partial charge in [-0.1, -0.05) is 18.9 Å². The standard InChI is InChI=1S/C14H26N4OS/c1-10(2)8-15-9-13-17-18-14(19-13)16-11-4-6-12(20-3)7-5-11/h10-12,15H,4-9H2,1-3H3,(H,16,18). The Kier molecular flexibility index (Phi) is 6.16. The molecule has 6 heteroatoms. The van der Waals surface area contributed by atoms with E-state index in [1.54, 1.807) is 0 Å². The van der Waals surface area contributed by atoms with Crippen LogP contribution >= 0.6 is 11.8 Å². The van der Waals surface area contributed by atoms with Gasteiger partial charge in [0.25, 0.3) is 0 Å². The van der Waals surface area contributed by atoms with E-state index in [1.165, 1.54) is 25.7 Å². The fourth-order valence-corrected chi connectivity index (χ4v) is 3.21. The van der Waals surface area contributed by atoms with Gasteiger partial charge in [0, 0.05) is 11.3 Å². The van der Waals surface area contributed by atoms with Crippen molar-refractivity contribution in [1.82, 2.24) is 15.5 Å². The molecular weight excluding hydrogens is 272 g/mol. The molecule has 5 nitrogen and oxygen atoms in total. The third-order valence-electron chi connectivity index (χ3n) is 3.63. The smallest absolute Gasteiger partial charge is 0.315 e. The molecule has 0 radical (unpaired) electrons. The number of anilines is 1. The number of aromatic nitrogens is 2. The molecule has 2 rings (SSSR count). The third-order valence-corrected chi connectivity index (χ3v) is 4.77. The van der Waals surface area contributed by atoms with Gasteiger partial charge in [0.1, 0.15) is 0 Å². The Bertz CT molecular complexity index is 388. The van der Waals surface area contributed by atoms with Gasteiger partial charge in [0.2, 0.25) is 5.89 Å². The average Bonchev–Trinajstić information content (AvgIpc) is 2.87. The van der Waals surface area contributed by atoms with Crippen LogP contribution in [-0.4, -0.2) is 34.3 Å². The molecule has 1 aromatic rings. The highest BCUT2D eigenvalue weighted by Crippen LogP contribution is 2.28. The Labute approximate surface area is 125 Å². The SMILES string of the molecule is CSC1CCC(Nc2nnc(CNCC(C)C)o2)CC1. The summed E-state index contributed by atoms with van der Waals surface area (Å²) in [6, 6.07) is 1.05. The molecule has 0 spiro atoms. The normalized spacial score (nSPS) is 23.2. The maximum absolute atomic E-state index is 5.62. The van der Waals surface area contributed by atoms with Crippen LogP contribution in [0, 0.1) is 5.92 Å². The summed E-state index contributed by atoms with van der Waals surface area (Å²) in [5, 5.41) is 15.6. The lowest BCUT2D eigenvalue weighted by Gasteiger charge is -2.27. The molecule has 0 atom stereocenters. The summed E-state index contributed by atoms with van der Waals surface area (Å²) >= 11 is 1.98. The van der Waals surface area contributed by atoms with Crippen molar-refractivity contribution in [2.45, 2.75) is 57.4 Å². The molecule has 2 N–H and O–H groups in total. The highest BCUT2D eigenvalue weighted by molar-refractivity contribution is 7.99. The summed E-state index contributed by atoms with van der Waals surface area (Å²) < 4.78 is 5.62. The van der Waals surface area contributed by atoms with Crippen LogP contribution < -0.4 is 10.6 Å². The summed E-state index contributed by atoms with van der Waals surface area (Å²) in [5.41, 5.74) is 0. The summed E-state index contributed by atoms with van der Waals surface area (Å²) in [5.74, 6) is 1.29. The Hall–Kier alpha value is -0.750. The predicted molar refractivity (Wildman–Crippen MR) is 84.0 cm³/mol. The molecule has 1 heterocycles. The van der Waals surface area contributed by atoms with E-state index in [4.69, 9.17) is 4.42 Å². The first-order chi connectivity index (χ1) is 9.67. The van der Waals surface area contributed by atoms with E-state index < -0.39 is 0 Å². The van der Waals surface area contributed by atoms with E-state index in [2.05, 4.69) is 40.9 Å². The Morgan fingerprint density at radius 3 is 2.65 bits per heavy atom. The van der Waals surface area contributed by atoms with Crippen LogP contribution in [0.15, 0.2) is 4.42 Å². The zero-order chi connectivity index (χ0) is 14.4. The van der Waals surface area contributed by atoms with E-state index >= 15 is 0 Å². The molecule has 1 aliphatic carbocycles. The number of hydrogen-bond donors (Lipinski definition) is 2. The molecule has 0 aromatic carbocycles. The first-order valence-corrected chi connectivity index (χ1v) is 8.78. The Balaban J connectivity index is 1.72. The van der Waals surface area contributed by atoms with Crippen LogP contribution in [0.25, 0.3) is 0 Å². The van der Waals surface area contributed by atoms with Crippen molar-refractivity contribution >= 4 is 17.8 Å². The van der Waals surface area contributed by atoms with E-state index in [1.807, 2.05) is 11.8 Å². The van der Waals surface area contributed by atoms with Gasteiger partial charge in [-0.25, -0.2) is 0 Å². The molecule has 0 aliphatic heterocycles. The molecule has 1 aliphatic rings. The third kappa shape index (κ3) is 4.98. The molecule has 114 valence electrons. The average molecular weight is 298 g/mol. The number of nitrogens with one attached hydrogen (secondary N) is 2. The topological polar surface area (TPSA) is 63.0 Å². The predicted octanol–water partition coefficient (Wildman–Crippen LogP) is 2.90. The lowest BCUT2D eigenvalue weighted by molar-refractivity contribution is 0.435. The first-order valence-electron chi connectivity index (χ1n) is 7.49. The van der Waals surface area contributed by atoms with Crippen molar-refractivity contribution in [2.24, 2.45) is 5.92 Å². The number of hydrogen-bond acceptors (Lipinski definition) is 6. The number of thioether (sulfide) groups is 1. The molecule has 20 heavy (non-hydrogen) atoms. The summed E-state index contributed by atoms with van der Waals surface area (Å²) in [4.78, 5) is 0. The van der Waals surface area contributed by atoms with E-state index in [9.17, 15) is 0 Å². The fourth-order valence-electron chi connectivity index (χ4n) is 2.47. The van der Waals surface area contributed by atoms with Gasteiger partial charge in [-0.15, -0.1) is 5.10 Å². The second-order valence-electron chi connectivity index (χ2n) is 5.88. The lowest BCUT2D eigenvalue weighted by Crippen LogP contribution is -2.27. The first kappa shape index (κ1) is 15.6. The maximum atomic E-state index is 5.62. The summed E-state index contributed by atoms with van der Waals surface area (Å²) in [7, 11) is 0. The zero-order valence-electron chi connectivity index (χ0n) is 12.7. The summed E-state index contributed by atoms with van der Waals surface area (Å²) in [6.45, 7) is 5.97. The quantitative estimate of drug-likeness (QED) is 0.807. The van der Waals surface area contributed by atoms with Crippen LogP contribution in [-0.2, 0) is 6.54 Å². The van der Waals surface area contributed by atoms with Crippen molar-refractivity contribution in [3.63, 3.8) is 0 Å². The highest BCUT2D eigenvalue weighted by atomic mass is 32.2. The van der Waals surface area contributed by atoms with Crippen LogP contribution in [0.4, 0.5) is 6.01 Å². The maximum Gasteiger partial charge on any atom is 0.315 e. The monoisotopic (exact) mass is 298 g/mol. The Morgan fingerprint density at radius 2 is 2.00 bits per heavy atom. The second-order valence-corrected chi connectivity index (χ2v) is 7.02. The molecule has 0 bridgehead atoms. The molecule has 1 fully saturated rings. The van der Waals surface area contributed by atoms with Crippen LogP contribution in [0.2, 0.25) is 0 Å². The molecule has 1 aromatic heterocycles. The second kappa shape index (κ2) is 7.88. The molecule has 1 saturated carbocycles. The van der Waals surface area contributed by atoms with E-state index in [0.717, 1.165) is 11.8 Å². The van der Waals surface area contributed by atoms with Crippen LogP contribution in [0.5, 0.6) is 0 Å². The highest BCUT2D eigenvalue weighted by Gasteiger charge is 2.21. The van der Waals surface area contributed by atoms with Gasteiger partial charge in [0.15, 0.2) is 0 Å². The number of nitrogens with zero attached hydrogens (tertiary/aromatic N) is 2. The van der Waals surface area contributed by atoms with Crippen LogP contribution in [0.3, 0.4) is 0 Å². The fraction of sp³-hybridized carbons (Fsp3) is 0.857. The van der Waals surface area contributed by atoms with Gasteiger partial charge >= 0.3 is 6.01 Å². The van der Waals surface area contributed by atoms with Crippen molar-refractivity contribution < 1.29 is 4.42 Å². The number of rotatable bonds is 7. The van der Waals surface area contributed by atoms with Crippen molar-refractivity contribution in [3.05, 3.63) is 5.89 Å². The minimum atomic E-state index is 0.482. The van der Waals surface area contributed by atoms with E-state index in [0.29, 0.717) is 30.4 Å². The van der Waals surface area contributed by atoms with Gasteiger partial charge in [-0.05, 0) is 44.4 Å². The van der Waals surface area contributed by atoms with Crippen molar-refractivity contribution in [2.75, 3.05) is 18.1 Å². The molecule has 0 amide bonds. The van der Waals surface area contributed by atoms with Gasteiger partial charge in [-0.2, -0.15) is 11.8 Å². The zero-order valence-corrected chi connectivity index (χ0v) is 13.5. The van der Waals surface area contributed by atoms with Gasteiger partial charge < -0.3 is 15.1 Å². The van der Waals surface area contributed by atoms with Crippen molar-refractivity contribution in [1.29, 1.82) is 0 Å². The summed E-state index contributed by atoms with van der Waals surface area (Å²) in [6.07, 6.45) is 7.13. The van der Waals surface area contributed by atoms with Crippen molar-refractivity contribution in [3.8, 4) is 0 Å². The van der Waals surface area contributed by atoms with Crippen LogP contribution in [0.1, 0.15) is 45.4 Å². The Morgan fingerprint density at radius 1 is 1.25 bits per heavy atom. The molecule has 0 saturated heterocycles. The minimum Gasteiger partial charge on any atom is -0.407 e. The lowest BCUT2D eigenvalue weighted by atomic mass is 9.95.